The predicted octanol–water partition coefficient (Wildman–Crippen LogP) is 2.26. The van der Waals surface area contributed by atoms with E-state index in [2.05, 4.69) is 0 Å². The fourth-order valence-electron chi connectivity index (χ4n) is 1.59. The van der Waals surface area contributed by atoms with Crippen LogP contribution in [0.3, 0.4) is 0 Å². The Morgan fingerprint density at radius 2 is 1.61 bits per heavy atom. The number of hydrogen-bond acceptors (Lipinski definition) is 3. The van der Waals surface area contributed by atoms with Crippen LogP contribution in [0.5, 0.6) is 0 Å². The number of benzene rings is 1. The van der Waals surface area contributed by atoms with Crippen molar-refractivity contribution in [3.05, 3.63) is 35.1 Å². The summed E-state index contributed by atoms with van der Waals surface area (Å²) in [5.74, 6) is -2.80. The summed E-state index contributed by atoms with van der Waals surface area (Å²) in [5, 5.41) is 0. The molecule has 3 nitrogen and oxygen atoms in total. The average molecular weight is 280 g/mol. The predicted molar refractivity (Wildman–Crippen MR) is 61.4 cm³/mol. The van der Waals surface area contributed by atoms with Gasteiger partial charge >= 0.3 is 8.80 Å². The zero-order chi connectivity index (χ0) is 13.8. The van der Waals surface area contributed by atoms with Gasteiger partial charge in [-0.3, -0.25) is 0 Å². The fraction of sp³-hybridized carbons (Fsp3) is 0.455. The third-order valence-electron chi connectivity index (χ3n) is 2.66. The van der Waals surface area contributed by atoms with Crippen LogP contribution < -0.4 is 0 Å². The highest BCUT2D eigenvalue weighted by Gasteiger charge is 2.33. The minimum Gasteiger partial charge on any atom is -0.390 e. The van der Waals surface area contributed by atoms with Crippen LogP contribution in [0.2, 0.25) is 6.04 Å². The second-order valence-electron chi connectivity index (χ2n) is 3.82. The molecule has 0 aliphatic carbocycles. The van der Waals surface area contributed by atoms with E-state index in [0.717, 1.165) is 0 Å². The van der Waals surface area contributed by atoms with Crippen molar-refractivity contribution < 1.29 is 26.8 Å². The molecule has 0 aromatic heterocycles. The van der Waals surface area contributed by atoms with Crippen molar-refractivity contribution >= 4 is 8.80 Å². The summed E-state index contributed by atoms with van der Waals surface area (Å²) in [5.41, 5.74) is -0.194. The Kier molecular flexibility index (Phi) is 5.33. The molecule has 1 rings (SSSR count). The van der Waals surface area contributed by atoms with Gasteiger partial charge in [0.15, 0.2) is 0 Å². The third-order valence-corrected chi connectivity index (χ3v) is 4.92. The minimum absolute atomic E-state index is 0.0416. The van der Waals surface area contributed by atoms with Crippen LogP contribution in [-0.2, 0) is 15.3 Å². The molecule has 0 aliphatic heterocycles. The third kappa shape index (κ3) is 3.81. The van der Waals surface area contributed by atoms with Crippen molar-refractivity contribution in [3.63, 3.8) is 0 Å². The van der Waals surface area contributed by atoms with Gasteiger partial charge in [0.25, 0.3) is 0 Å². The molecule has 1 aromatic rings. The first-order chi connectivity index (χ1) is 8.41. The average Bonchev–Trinajstić information content (AvgIpc) is 2.32. The van der Waals surface area contributed by atoms with E-state index in [1.54, 1.807) is 0 Å². The molecule has 0 unspecified atom stereocenters. The van der Waals surface area contributed by atoms with Gasteiger partial charge < -0.3 is 13.6 Å². The lowest BCUT2D eigenvalue weighted by Crippen LogP contribution is -2.40. The van der Waals surface area contributed by atoms with Crippen LogP contribution in [0, 0.1) is 17.5 Å². The molecule has 102 valence electrons. The van der Waals surface area contributed by atoms with Gasteiger partial charge in [-0.2, -0.15) is 0 Å². The summed E-state index contributed by atoms with van der Waals surface area (Å²) in [4.78, 5) is 9.74. The van der Waals surface area contributed by atoms with Crippen molar-refractivity contribution in [2.24, 2.45) is 0 Å². The van der Waals surface area contributed by atoms with Crippen LogP contribution in [-0.4, -0.2) is 27.8 Å². The molecular formula is C11H15F3O3Si. The molecule has 18 heavy (non-hydrogen) atoms. The topological polar surface area (TPSA) is 38.7 Å². The van der Waals surface area contributed by atoms with Crippen LogP contribution in [0.4, 0.5) is 13.2 Å². The van der Waals surface area contributed by atoms with Gasteiger partial charge in [0.05, 0.1) is 0 Å². The van der Waals surface area contributed by atoms with E-state index in [-0.39, 0.29) is 24.4 Å². The Hall–Kier alpha value is -0.893. The Morgan fingerprint density at radius 1 is 1.11 bits per heavy atom. The Bertz CT molecular complexity index is 388. The van der Waals surface area contributed by atoms with Gasteiger partial charge in [-0.15, -0.1) is 0 Å². The smallest absolute Gasteiger partial charge is 0.390 e. The minimum atomic E-state index is -3.22. The molecule has 0 saturated carbocycles. The molecule has 0 amide bonds. The molecular weight excluding hydrogens is 265 g/mol. The van der Waals surface area contributed by atoms with E-state index in [9.17, 15) is 18.0 Å². The molecule has 0 aliphatic rings. The summed E-state index contributed by atoms with van der Waals surface area (Å²) in [6.07, 6.45) is 0.323. The van der Waals surface area contributed by atoms with Crippen molar-refractivity contribution in [2.45, 2.75) is 18.9 Å². The SMILES string of the molecule is CO[Si](O)(CCCc1c(F)cc(F)cc1F)OC. The summed E-state index contributed by atoms with van der Waals surface area (Å²) in [6, 6.07) is 1.44. The molecule has 0 heterocycles. The van der Waals surface area contributed by atoms with Crippen LogP contribution >= 0.6 is 0 Å². The maximum atomic E-state index is 13.3. The van der Waals surface area contributed by atoms with Crippen molar-refractivity contribution in [1.29, 1.82) is 0 Å². The molecule has 1 aromatic carbocycles. The highest BCUT2D eigenvalue weighted by atomic mass is 28.4. The Morgan fingerprint density at radius 3 is 2.06 bits per heavy atom. The normalized spacial score (nSPS) is 11.9. The van der Waals surface area contributed by atoms with E-state index in [1.165, 1.54) is 14.2 Å². The van der Waals surface area contributed by atoms with Crippen LogP contribution in [0.15, 0.2) is 12.1 Å². The van der Waals surface area contributed by atoms with Gasteiger partial charge in [-0.25, -0.2) is 13.2 Å². The highest BCUT2D eigenvalue weighted by Crippen LogP contribution is 2.19. The van der Waals surface area contributed by atoms with Crippen LogP contribution in [0.25, 0.3) is 0 Å². The highest BCUT2D eigenvalue weighted by molar-refractivity contribution is 6.59. The summed E-state index contributed by atoms with van der Waals surface area (Å²) >= 11 is 0. The molecule has 0 radical (unpaired) electrons. The van der Waals surface area contributed by atoms with E-state index < -0.39 is 26.3 Å². The van der Waals surface area contributed by atoms with E-state index in [0.29, 0.717) is 12.1 Å². The molecule has 0 saturated heterocycles. The molecule has 0 atom stereocenters. The van der Waals surface area contributed by atoms with Gasteiger partial charge in [0.2, 0.25) is 0 Å². The largest absolute Gasteiger partial charge is 0.497 e. The summed E-state index contributed by atoms with van der Waals surface area (Å²) in [6.45, 7) is 0. The van der Waals surface area contributed by atoms with Crippen molar-refractivity contribution in [1.82, 2.24) is 0 Å². The molecule has 1 N–H and O–H groups in total. The Labute approximate surface area is 105 Å². The van der Waals surface area contributed by atoms with Crippen molar-refractivity contribution in [3.8, 4) is 0 Å². The van der Waals surface area contributed by atoms with Crippen LogP contribution in [0.1, 0.15) is 12.0 Å². The van der Waals surface area contributed by atoms with E-state index in [4.69, 9.17) is 8.85 Å². The standard InChI is InChI=1S/C11H15F3O3Si/c1-16-18(15,17-2)5-3-4-9-10(13)6-8(12)7-11(9)14/h6-7,15H,3-5H2,1-2H3. The summed E-state index contributed by atoms with van der Waals surface area (Å²) in [7, 11) is -0.587. The number of halogens is 3. The molecule has 7 heteroatoms. The maximum Gasteiger partial charge on any atom is 0.497 e. The second kappa shape index (κ2) is 6.33. The zero-order valence-electron chi connectivity index (χ0n) is 10.2. The summed E-state index contributed by atoms with van der Waals surface area (Å²) < 4.78 is 48.9. The zero-order valence-corrected chi connectivity index (χ0v) is 11.2. The molecule has 0 spiro atoms. The fourth-order valence-corrected chi connectivity index (χ4v) is 2.79. The first-order valence-electron chi connectivity index (χ1n) is 5.38. The van der Waals surface area contributed by atoms with Gasteiger partial charge in [0.1, 0.15) is 17.5 Å². The number of hydrogen-bond donors (Lipinski definition) is 1. The van der Waals surface area contributed by atoms with Gasteiger partial charge in [-0.1, -0.05) is 0 Å². The quantitative estimate of drug-likeness (QED) is 0.812. The van der Waals surface area contributed by atoms with Gasteiger partial charge in [-0.05, 0) is 12.8 Å². The van der Waals surface area contributed by atoms with E-state index >= 15 is 0 Å². The molecule has 0 fully saturated rings. The first-order valence-corrected chi connectivity index (χ1v) is 7.35. The maximum absolute atomic E-state index is 13.3. The lowest BCUT2D eigenvalue weighted by molar-refractivity contribution is 0.150. The first kappa shape index (κ1) is 15.2. The number of rotatable bonds is 6. The monoisotopic (exact) mass is 280 g/mol. The lowest BCUT2D eigenvalue weighted by atomic mass is 10.1. The Balaban J connectivity index is 2.65. The van der Waals surface area contributed by atoms with E-state index in [1.807, 2.05) is 0 Å². The lowest BCUT2D eigenvalue weighted by Gasteiger charge is -2.19. The molecule has 0 bridgehead atoms. The van der Waals surface area contributed by atoms with Gasteiger partial charge in [0, 0.05) is 38.0 Å². The second-order valence-corrected chi connectivity index (χ2v) is 6.56. The van der Waals surface area contributed by atoms with Crippen molar-refractivity contribution in [2.75, 3.05) is 14.2 Å².